The molecule has 0 amide bonds. The van der Waals surface area contributed by atoms with Crippen molar-refractivity contribution in [1.82, 2.24) is 4.98 Å². The molecule has 0 radical (unpaired) electrons. The molecule has 1 aromatic heterocycles. The van der Waals surface area contributed by atoms with Crippen LogP contribution >= 0.6 is 23.2 Å². The second-order valence-corrected chi connectivity index (χ2v) is 5.57. The number of pyridine rings is 1. The third-order valence-corrected chi connectivity index (χ3v) is 3.74. The predicted molar refractivity (Wildman–Crippen MR) is 89.8 cm³/mol. The topological polar surface area (TPSA) is 34.2 Å². The van der Waals surface area contributed by atoms with Gasteiger partial charge in [-0.15, -0.1) is 0 Å². The van der Waals surface area contributed by atoms with Gasteiger partial charge in [0.25, 0.3) is 0 Å². The molecule has 1 N–H and O–H groups in total. The zero-order valence-electron chi connectivity index (χ0n) is 12.3. The second kappa shape index (κ2) is 7.01. The number of aromatic nitrogens is 1. The smallest absolute Gasteiger partial charge is 0.145 e. The maximum atomic E-state index is 6.31. The quantitative estimate of drug-likeness (QED) is 0.821. The van der Waals surface area contributed by atoms with Crippen LogP contribution < -0.4 is 10.1 Å². The lowest BCUT2D eigenvalue weighted by Crippen LogP contribution is -2.04. The highest BCUT2D eigenvalue weighted by atomic mass is 35.5. The Hall–Kier alpha value is -1.45. The van der Waals surface area contributed by atoms with E-state index in [4.69, 9.17) is 27.9 Å². The van der Waals surface area contributed by atoms with Crippen molar-refractivity contribution in [3.05, 3.63) is 39.9 Å². The lowest BCUT2D eigenvalue weighted by atomic mass is 10.0. The van der Waals surface area contributed by atoms with Crippen LogP contribution in [0.5, 0.6) is 5.75 Å². The highest BCUT2D eigenvalue weighted by Crippen LogP contribution is 2.35. The number of anilines is 1. The summed E-state index contributed by atoms with van der Waals surface area (Å²) in [5.41, 5.74) is 2.74. The van der Waals surface area contributed by atoms with E-state index >= 15 is 0 Å². The van der Waals surface area contributed by atoms with E-state index in [1.54, 1.807) is 13.2 Å². The van der Waals surface area contributed by atoms with Gasteiger partial charge in [-0.05, 0) is 43.2 Å². The summed E-state index contributed by atoms with van der Waals surface area (Å²) in [7, 11) is 1.65. The minimum Gasteiger partial charge on any atom is -0.497 e. The average Bonchev–Trinajstić information content (AvgIpc) is 2.47. The summed E-state index contributed by atoms with van der Waals surface area (Å²) in [5.74, 6) is 1.47. The first-order valence-corrected chi connectivity index (χ1v) is 7.57. The lowest BCUT2D eigenvalue weighted by molar-refractivity contribution is 0.414. The predicted octanol–water partition coefficient (Wildman–Crippen LogP) is 5.19. The summed E-state index contributed by atoms with van der Waals surface area (Å²) < 4.78 is 5.23. The highest BCUT2D eigenvalue weighted by Gasteiger charge is 2.13. The Labute approximate surface area is 135 Å². The number of aryl methyl sites for hydroxylation is 1. The molecular weight excluding hydrogens is 307 g/mol. The maximum absolute atomic E-state index is 6.31. The highest BCUT2D eigenvalue weighted by molar-refractivity contribution is 6.37. The zero-order valence-corrected chi connectivity index (χ0v) is 13.8. The molecule has 0 saturated carbocycles. The van der Waals surface area contributed by atoms with Gasteiger partial charge < -0.3 is 10.1 Å². The molecule has 1 heterocycles. The molecule has 2 rings (SSSR count). The van der Waals surface area contributed by atoms with Gasteiger partial charge in [-0.2, -0.15) is 0 Å². The molecule has 2 aromatic rings. The third kappa shape index (κ3) is 3.60. The molecule has 0 aliphatic rings. The molecule has 21 heavy (non-hydrogen) atoms. The summed E-state index contributed by atoms with van der Waals surface area (Å²) in [6.45, 7) is 4.91. The molecule has 0 spiro atoms. The summed E-state index contributed by atoms with van der Waals surface area (Å²) in [6.07, 6.45) is 0.998. The van der Waals surface area contributed by atoms with Crippen LogP contribution in [0.2, 0.25) is 10.0 Å². The van der Waals surface area contributed by atoms with Crippen LogP contribution in [0.25, 0.3) is 11.3 Å². The van der Waals surface area contributed by atoms with Gasteiger partial charge in [0.05, 0.1) is 22.8 Å². The van der Waals surface area contributed by atoms with Crippen LogP contribution in [0.1, 0.15) is 18.9 Å². The van der Waals surface area contributed by atoms with Crippen LogP contribution in [0, 0.1) is 6.92 Å². The van der Waals surface area contributed by atoms with Gasteiger partial charge >= 0.3 is 0 Å². The summed E-state index contributed by atoms with van der Waals surface area (Å²) in [6, 6.07) is 7.54. The number of halogens is 2. The molecule has 0 unspecified atom stereocenters. The normalized spacial score (nSPS) is 10.5. The minimum atomic E-state index is 0.531. The Balaban J connectivity index is 2.47. The fraction of sp³-hybridized carbons (Fsp3) is 0.312. The molecule has 3 nitrogen and oxygen atoms in total. The lowest BCUT2D eigenvalue weighted by Gasteiger charge is -2.13. The molecule has 0 bridgehead atoms. The van der Waals surface area contributed by atoms with Gasteiger partial charge in [-0.1, -0.05) is 30.1 Å². The monoisotopic (exact) mass is 324 g/mol. The molecule has 0 aliphatic heterocycles. The van der Waals surface area contributed by atoms with Crippen LogP contribution in [0.15, 0.2) is 24.3 Å². The van der Waals surface area contributed by atoms with E-state index in [1.807, 2.05) is 25.1 Å². The van der Waals surface area contributed by atoms with E-state index in [9.17, 15) is 0 Å². The van der Waals surface area contributed by atoms with E-state index in [0.717, 1.165) is 35.5 Å². The minimum absolute atomic E-state index is 0.531. The first kappa shape index (κ1) is 15.9. The van der Waals surface area contributed by atoms with Crippen molar-refractivity contribution in [2.24, 2.45) is 0 Å². The summed E-state index contributed by atoms with van der Waals surface area (Å²) in [5, 5.41) is 4.28. The molecule has 1 aromatic carbocycles. The van der Waals surface area contributed by atoms with Crippen LogP contribution in [0.4, 0.5) is 5.82 Å². The van der Waals surface area contributed by atoms with Crippen LogP contribution in [0.3, 0.4) is 0 Å². The SMILES string of the molecule is CCCNc1nc(-c2ccc(OC)cc2C)c(Cl)cc1Cl. The number of methoxy groups -OCH3 is 1. The standard InChI is InChI=1S/C16H18Cl2N2O/c1-4-7-19-16-14(18)9-13(17)15(20-16)12-6-5-11(21-3)8-10(12)2/h5-6,8-9H,4,7H2,1-3H3,(H,19,20). The van der Waals surface area contributed by atoms with Crippen molar-refractivity contribution in [1.29, 1.82) is 0 Å². The average molecular weight is 325 g/mol. The third-order valence-electron chi connectivity index (χ3n) is 3.16. The van der Waals surface area contributed by atoms with Crippen molar-refractivity contribution < 1.29 is 4.74 Å². The van der Waals surface area contributed by atoms with E-state index in [2.05, 4.69) is 17.2 Å². The molecule has 0 aliphatic carbocycles. The Morgan fingerprint density at radius 3 is 2.57 bits per heavy atom. The number of nitrogens with zero attached hydrogens (tertiary/aromatic N) is 1. The van der Waals surface area contributed by atoms with Crippen molar-refractivity contribution in [3.8, 4) is 17.0 Å². The molecule has 0 fully saturated rings. The van der Waals surface area contributed by atoms with E-state index < -0.39 is 0 Å². The fourth-order valence-electron chi connectivity index (χ4n) is 2.05. The van der Waals surface area contributed by atoms with E-state index in [1.165, 1.54) is 0 Å². The van der Waals surface area contributed by atoms with Crippen LogP contribution in [-0.4, -0.2) is 18.6 Å². The Bertz CT molecular complexity index is 644. The van der Waals surface area contributed by atoms with Crippen molar-refractivity contribution in [2.45, 2.75) is 20.3 Å². The molecule has 0 saturated heterocycles. The van der Waals surface area contributed by atoms with Crippen molar-refractivity contribution >= 4 is 29.0 Å². The second-order valence-electron chi connectivity index (χ2n) is 4.76. The van der Waals surface area contributed by atoms with Gasteiger partial charge in [0.1, 0.15) is 11.6 Å². The largest absolute Gasteiger partial charge is 0.497 e. The van der Waals surface area contributed by atoms with Crippen molar-refractivity contribution in [2.75, 3.05) is 19.0 Å². The number of benzene rings is 1. The Kier molecular flexibility index (Phi) is 5.32. The van der Waals surface area contributed by atoms with Gasteiger partial charge in [0.2, 0.25) is 0 Å². The summed E-state index contributed by atoms with van der Waals surface area (Å²) >= 11 is 12.5. The van der Waals surface area contributed by atoms with Gasteiger partial charge in [0.15, 0.2) is 0 Å². The number of hydrogen-bond acceptors (Lipinski definition) is 3. The van der Waals surface area contributed by atoms with Gasteiger partial charge in [-0.25, -0.2) is 4.98 Å². The molecular formula is C16H18Cl2N2O. The first-order valence-electron chi connectivity index (χ1n) is 6.81. The number of hydrogen-bond donors (Lipinski definition) is 1. The van der Waals surface area contributed by atoms with Crippen molar-refractivity contribution in [3.63, 3.8) is 0 Å². The molecule has 0 atom stereocenters. The zero-order chi connectivity index (χ0) is 15.4. The maximum Gasteiger partial charge on any atom is 0.145 e. The fourth-order valence-corrected chi connectivity index (χ4v) is 2.58. The number of nitrogens with one attached hydrogen (secondary N) is 1. The van der Waals surface area contributed by atoms with E-state index in [0.29, 0.717) is 15.9 Å². The Morgan fingerprint density at radius 1 is 1.19 bits per heavy atom. The molecule has 5 heteroatoms. The Morgan fingerprint density at radius 2 is 1.95 bits per heavy atom. The van der Waals surface area contributed by atoms with E-state index in [-0.39, 0.29) is 0 Å². The van der Waals surface area contributed by atoms with Gasteiger partial charge in [-0.3, -0.25) is 0 Å². The number of ether oxygens (including phenoxy) is 1. The summed E-state index contributed by atoms with van der Waals surface area (Å²) in [4.78, 5) is 4.58. The first-order chi connectivity index (χ1) is 10.1. The number of rotatable bonds is 5. The van der Waals surface area contributed by atoms with Crippen LogP contribution in [-0.2, 0) is 0 Å². The molecule has 112 valence electrons. The van der Waals surface area contributed by atoms with Gasteiger partial charge in [0, 0.05) is 12.1 Å².